The summed E-state index contributed by atoms with van der Waals surface area (Å²) < 4.78 is 4.57. The van der Waals surface area contributed by atoms with Gasteiger partial charge in [-0.25, -0.2) is 4.79 Å². The van der Waals surface area contributed by atoms with Crippen molar-refractivity contribution in [1.29, 1.82) is 0 Å². The zero-order valence-corrected chi connectivity index (χ0v) is 17.1. The first-order valence-corrected chi connectivity index (χ1v) is 11.9. The highest BCUT2D eigenvalue weighted by Gasteiger charge is 2.43. The molecule has 9 heteroatoms. The molecule has 0 saturated carbocycles. The van der Waals surface area contributed by atoms with Crippen molar-refractivity contribution < 1.29 is 24.5 Å². The third kappa shape index (κ3) is 5.50. The van der Waals surface area contributed by atoms with E-state index in [0.717, 1.165) is 0 Å². The number of methoxy groups -OCH3 is 1. The molecule has 144 valence electrons. The number of aliphatic hydroxyl groups excluding tert-OH is 1. The number of ether oxygens (including phenoxy) is 1. The summed E-state index contributed by atoms with van der Waals surface area (Å²) in [6, 6.07) is 0. The highest BCUT2D eigenvalue weighted by atomic mass is 33.5. The fraction of sp³-hybridized carbons (Fsp3) is 0.389. The molecular formula is C18H18NO5S3-. The molecule has 2 bridgehead atoms. The lowest BCUT2D eigenvalue weighted by Crippen LogP contribution is -2.50. The molecule has 6 nitrogen and oxygen atoms in total. The van der Waals surface area contributed by atoms with Crippen LogP contribution in [0.25, 0.3) is 0 Å². The van der Waals surface area contributed by atoms with Crippen LogP contribution in [0.1, 0.15) is 6.42 Å². The number of amides is 1. The number of nitrogens with one attached hydrogen (secondary N) is 1. The molecule has 0 aromatic carbocycles. The van der Waals surface area contributed by atoms with Crippen LogP contribution in [0.5, 0.6) is 0 Å². The highest BCUT2D eigenvalue weighted by Crippen LogP contribution is 2.41. The van der Waals surface area contributed by atoms with Crippen LogP contribution in [0.4, 0.5) is 4.79 Å². The van der Waals surface area contributed by atoms with Gasteiger partial charge in [0, 0.05) is 0 Å². The van der Waals surface area contributed by atoms with Gasteiger partial charge in [0.2, 0.25) is 0 Å². The summed E-state index contributed by atoms with van der Waals surface area (Å²) in [5, 5.41) is 24.1. The van der Waals surface area contributed by atoms with E-state index in [0.29, 0.717) is 5.75 Å². The average Bonchev–Trinajstić information content (AvgIpc) is 2.63. The Labute approximate surface area is 169 Å². The normalized spacial score (nSPS) is 27.6. The first-order chi connectivity index (χ1) is 12.9. The number of rotatable bonds is 6. The number of hydrogen-bond donors (Lipinski definition) is 3. The fourth-order valence-corrected chi connectivity index (χ4v) is 5.21. The fourth-order valence-electron chi connectivity index (χ4n) is 2.73. The number of carbonyl (C=O) groups is 2. The van der Waals surface area contributed by atoms with Gasteiger partial charge in [-0.05, 0) is 33.8 Å². The van der Waals surface area contributed by atoms with E-state index in [1.165, 1.54) is 19.3 Å². The van der Waals surface area contributed by atoms with Crippen molar-refractivity contribution in [3.63, 3.8) is 0 Å². The standard InChI is InChI=1S/C18H18NO5S3/c1-24-17(22)19-16-14(21)11-18(23)9-6-4-3-5-7-13(20)15(16)12(18)8-10-26-27-25-2/h3-4,8,12-13,20,23H,10-11H2,1-2H3,(H,19,22)/q-1/b4-3-/t12?,13-,18-/m0/s1. The van der Waals surface area contributed by atoms with Crippen LogP contribution < -0.4 is 5.32 Å². The summed E-state index contributed by atoms with van der Waals surface area (Å²) in [6.45, 7) is 0. The van der Waals surface area contributed by atoms with E-state index < -0.39 is 29.5 Å². The molecule has 0 spiro atoms. The van der Waals surface area contributed by atoms with Crippen LogP contribution in [0.15, 0.2) is 23.4 Å². The van der Waals surface area contributed by atoms with Gasteiger partial charge in [-0.15, -0.1) is 16.5 Å². The van der Waals surface area contributed by atoms with Crippen LogP contribution in [-0.2, 0) is 9.53 Å². The molecule has 0 saturated heterocycles. The van der Waals surface area contributed by atoms with Crippen LogP contribution in [-0.4, -0.2) is 52.9 Å². The summed E-state index contributed by atoms with van der Waals surface area (Å²) >= 11 is 0. The maximum atomic E-state index is 12.6. The quantitative estimate of drug-likeness (QED) is 0.257. The summed E-state index contributed by atoms with van der Waals surface area (Å²) in [7, 11) is 5.86. The summed E-state index contributed by atoms with van der Waals surface area (Å²) in [5.74, 6) is 9.84. The molecule has 0 radical (unpaired) electrons. The molecule has 0 aromatic rings. The van der Waals surface area contributed by atoms with Crippen molar-refractivity contribution >= 4 is 43.3 Å². The lowest BCUT2D eigenvalue weighted by Gasteiger charge is -2.45. The molecule has 2 rings (SSSR count). The van der Waals surface area contributed by atoms with E-state index in [4.69, 9.17) is 0 Å². The van der Waals surface area contributed by atoms with Crippen LogP contribution >= 0.6 is 31.4 Å². The van der Waals surface area contributed by atoms with Crippen LogP contribution in [0.2, 0.25) is 0 Å². The molecule has 0 fully saturated rings. The van der Waals surface area contributed by atoms with Gasteiger partial charge in [-0.2, -0.15) is 0 Å². The number of hydrogen-bond acceptors (Lipinski definition) is 8. The third-order valence-corrected chi connectivity index (χ3v) is 7.59. The Morgan fingerprint density at radius 1 is 1.48 bits per heavy atom. The van der Waals surface area contributed by atoms with Gasteiger partial charge in [-0.1, -0.05) is 40.4 Å². The second-order valence-corrected chi connectivity index (χ2v) is 9.88. The number of carbonyl (C=O) groups excluding carboxylic acids is 2. The van der Waals surface area contributed by atoms with Crippen molar-refractivity contribution in [3.05, 3.63) is 29.8 Å². The van der Waals surface area contributed by atoms with E-state index in [2.05, 4.69) is 33.7 Å². The van der Waals surface area contributed by atoms with Crippen LogP contribution in [0, 0.1) is 36.0 Å². The van der Waals surface area contributed by atoms with Gasteiger partial charge in [-0.3, -0.25) is 10.1 Å². The first-order valence-electron chi connectivity index (χ1n) is 7.80. The summed E-state index contributed by atoms with van der Waals surface area (Å²) in [6.07, 6.45) is 4.09. The Morgan fingerprint density at radius 3 is 2.93 bits per heavy atom. The van der Waals surface area contributed by atoms with Gasteiger partial charge in [0.05, 0.1) is 19.2 Å². The Hall–Kier alpha value is -1.49. The minimum absolute atomic E-state index is 0.108. The molecule has 2 aliphatic carbocycles. The van der Waals surface area contributed by atoms with E-state index in [1.807, 2.05) is 6.26 Å². The Bertz CT molecular complexity index is 786. The molecule has 1 amide bonds. The SMILES string of the molecule is COC(=O)NC1=C2C([CH-]CSSSC)[C@](O)(C#C/C=C\C#C[C@@H]2O)CC1=O. The maximum Gasteiger partial charge on any atom is 0.411 e. The molecular weight excluding hydrogens is 406 g/mol. The van der Waals surface area contributed by atoms with Gasteiger partial charge >= 0.3 is 6.09 Å². The van der Waals surface area contributed by atoms with E-state index in [-0.39, 0.29) is 17.7 Å². The number of fused-ring (bicyclic) bond motifs is 2. The van der Waals surface area contributed by atoms with Gasteiger partial charge < -0.3 is 21.4 Å². The predicted molar refractivity (Wildman–Crippen MR) is 109 cm³/mol. The van der Waals surface area contributed by atoms with Crippen molar-refractivity contribution in [1.82, 2.24) is 5.32 Å². The number of alkyl carbamates (subject to hydrolysis) is 1. The first kappa shape index (κ1) is 21.8. The zero-order chi connectivity index (χ0) is 19.9. The molecule has 0 aromatic heterocycles. The predicted octanol–water partition coefficient (Wildman–Crippen LogP) is 1.72. The summed E-state index contributed by atoms with van der Waals surface area (Å²) in [4.78, 5) is 24.3. The van der Waals surface area contributed by atoms with E-state index in [9.17, 15) is 19.8 Å². The largest absolute Gasteiger partial charge is 0.453 e. The number of allylic oxidation sites excluding steroid dienone is 3. The Morgan fingerprint density at radius 2 is 2.22 bits per heavy atom. The van der Waals surface area contributed by atoms with Gasteiger partial charge in [0.25, 0.3) is 0 Å². The second kappa shape index (κ2) is 10.2. The highest BCUT2D eigenvalue weighted by molar-refractivity contribution is 9.09. The molecule has 2 aliphatic rings. The van der Waals surface area contributed by atoms with E-state index in [1.54, 1.807) is 37.8 Å². The molecule has 27 heavy (non-hydrogen) atoms. The minimum Gasteiger partial charge on any atom is -0.453 e. The number of ketones is 1. The Kier molecular flexibility index (Phi) is 8.21. The van der Waals surface area contributed by atoms with Crippen molar-refractivity contribution in [3.8, 4) is 23.7 Å². The second-order valence-electron chi connectivity index (χ2n) is 5.50. The topological polar surface area (TPSA) is 95.9 Å². The zero-order valence-electron chi connectivity index (χ0n) is 14.6. The molecule has 0 heterocycles. The molecule has 3 atom stereocenters. The minimum atomic E-state index is -1.71. The maximum absolute atomic E-state index is 12.6. The van der Waals surface area contributed by atoms with Gasteiger partial charge in [0.15, 0.2) is 5.78 Å². The molecule has 0 aliphatic heterocycles. The lowest BCUT2D eigenvalue weighted by molar-refractivity contribution is -0.121. The van der Waals surface area contributed by atoms with Crippen LogP contribution in [0.3, 0.4) is 0 Å². The van der Waals surface area contributed by atoms with Crippen molar-refractivity contribution in [2.24, 2.45) is 5.92 Å². The summed E-state index contributed by atoms with van der Waals surface area (Å²) in [5.41, 5.74) is -1.70. The van der Waals surface area contributed by atoms with Gasteiger partial charge in [0.1, 0.15) is 11.7 Å². The Balaban J connectivity index is 2.54. The molecule has 3 N–H and O–H groups in total. The van der Waals surface area contributed by atoms with Crippen molar-refractivity contribution in [2.45, 2.75) is 18.1 Å². The number of aliphatic hydroxyl groups is 2. The average molecular weight is 425 g/mol. The monoisotopic (exact) mass is 424 g/mol. The molecule has 1 unspecified atom stereocenters. The lowest BCUT2D eigenvalue weighted by atomic mass is 9.70. The number of Topliss-reactive ketones (excluding diaryl/α,β-unsaturated/α-hetero) is 1. The third-order valence-electron chi connectivity index (χ3n) is 3.83. The smallest absolute Gasteiger partial charge is 0.411 e. The van der Waals surface area contributed by atoms with Crippen molar-refractivity contribution in [2.75, 3.05) is 19.1 Å². The van der Waals surface area contributed by atoms with E-state index >= 15 is 0 Å².